The molecule has 2 heterocycles. The first-order chi connectivity index (χ1) is 12.6. The van der Waals surface area contributed by atoms with E-state index >= 15 is 0 Å². The first kappa shape index (κ1) is 16.7. The van der Waals surface area contributed by atoms with Crippen molar-refractivity contribution in [1.82, 2.24) is 15.4 Å². The smallest absolute Gasteiger partial charge is 0.257 e. The fraction of sp³-hybridized carbons (Fsp3) is 0.333. The van der Waals surface area contributed by atoms with Crippen LogP contribution in [0.2, 0.25) is 0 Å². The number of hydrogen-bond donors (Lipinski definition) is 1. The predicted octanol–water partition coefficient (Wildman–Crippen LogP) is 3.85. The second-order valence-corrected chi connectivity index (χ2v) is 7.30. The lowest BCUT2D eigenvalue weighted by Crippen LogP contribution is -2.11. The number of nitrogens with zero attached hydrogens (tertiary/aromatic N) is 3. The van der Waals surface area contributed by atoms with Crippen molar-refractivity contribution in [2.75, 3.05) is 5.32 Å². The highest BCUT2D eigenvalue weighted by atomic mass is 32.1. The fourth-order valence-electron chi connectivity index (χ4n) is 2.52. The molecule has 1 aromatic carbocycles. The zero-order valence-corrected chi connectivity index (χ0v) is 15.3. The molecule has 1 amide bonds. The molecule has 134 valence electrons. The number of aromatic nitrogens is 3. The van der Waals surface area contributed by atoms with E-state index in [4.69, 9.17) is 9.26 Å². The number of anilines is 1. The average Bonchev–Trinajstić information content (AvgIpc) is 3.31. The van der Waals surface area contributed by atoms with Crippen LogP contribution in [0, 0.1) is 13.8 Å². The van der Waals surface area contributed by atoms with E-state index in [-0.39, 0.29) is 5.91 Å². The summed E-state index contributed by atoms with van der Waals surface area (Å²) in [4.78, 5) is 12.3. The molecule has 0 spiro atoms. The molecule has 26 heavy (non-hydrogen) atoms. The molecule has 0 bridgehead atoms. The highest BCUT2D eigenvalue weighted by Crippen LogP contribution is 2.42. The van der Waals surface area contributed by atoms with Gasteiger partial charge < -0.3 is 9.26 Å². The number of rotatable bonds is 6. The summed E-state index contributed by atoms with van der Waals surface area (Å²) in [6.07, 6.45) is 2.33. The number of aryl methyl sites for hydroxylation is 2. The Kier molecular flexibility index (Phi) is 4.42. The zero-order valence-electron chi connectivity index (χ0n) is 14.5. The molecule has 4 rings (SSSR count). The summed E-state index contributed by atoms with van der Waals surface area (Å²) in [5.41, 5.74) is 2.30. The SMILES string of the molecule is Cc1noc(C)c1COc1ccc(C(=O)Nc2nnc(C3CC3)s2)cc1. The molecule has 0 radical (unpaired) electrons. The van der Waals surface area contributed by atoms with Gasteiger partial charge in [-0.15, -0.1) is 10.2 Å². The lowest BCUT2D eigenvalue weighted by molar-refractivity contribution is 0.102. The van der Waals surface area contributed by atoms with Gasteiger partial charge in [-0.1, -0.05) is 16.5 Å². The Labute approximate surface area is 154 Å². The van der Waals surface area contributed by atoms with E-state index in [1.54, 1.807) is 24.3 Å². The highest BCUT2D eigenvalue weighted by molar-refractivity contribution is 7.15. The number of nitrogens with one attached hydrogen (secondary N) is 1. The minimum Gasteiger partial charge on any atom is -0.489 e. The lowest BCUT2D eigenvalue weighted by atomic mass is 10.2. The van der Waals surface area contributed by atoms with Gasteiger partial charge in [0.1, 0.15) is 23.1 Å². The van der Waals surface area contributed by atoms with Crippen LogP contribution in [-0.2, 0) is 6.61 Å². The number of ether oxygens (including phenoxy) is 1. The van der Waals surface area contributed by atoms with Crippen molar-refractivity contribution in [3.8, 4) is 5.75 Å². The van der Waals surface area contributed by atoms with Crippen LogP contribution in [0.1, 0.15) is 51.1 Å². The third-order valence-corrected chi connectivity index (χ3v) is 5.27. The molecule has 1 N–H and O–H groups in total. The number of carbonyl (C=O) groups excluding carboxylic acids is 1. The van der Waals surface area contributed by atoms with Gasteiger partial charge in [0.2, 0.25) is 5.13 Å². The number of amides is 1. The van der Waals surface area contributed by atoms with Crippen LogP contribution < -0.4 is 10.1 Å². The summed E-state index contributed by atoms with van der Waals surface area (Å²) in [6.45, 7) is 4.11. The van der Waals surface area contributed by atoms with Crippen molar-refractivity contribution in [1.29, 1.82) is 0 Å². The van der Waals surface area contributed by atoms with Crippen LogP contribution >= 0.6 is 11.3 Å². The van der Waals surface area contributed by atoms with Gasteiger partial charge in [-0.25, -0.2) is 0 Å². The van der Waals surface area contributed by atoms with Crippen molar-refractivity contribution < 1.29 is 14.1 Å². The van der Waals surface area contributed by atoms with Gasteiger partial charge in [-0.2, -0.15) is 0 Å². The Balaban J connectivity index is 1.36. The standard InChI is InChI=1S/C18H18N4O3S/c1-10-15(11(2)25-22-10)9-24-14-7-5-12(6-8-14)16(23)19-18-21-20-17(26-18)13-3-4-13/h5-8,13H,3-4,9H2,1-2H3,(H,19,21,23). The molecule has 0 aliphatic heterocycles. The summed E-state index contributed by atoms with van der Waals surface area (Å²) in [6, 6.07) is 6.98. The average molecular weight is 370 g/mol. The van der Waals surface area contributed by atoms with Gasteiger partial charge in [-0.3, -0.25) is 10.1 Å². The van der Waals surface area contributed by atoms with E-state index in [9.17, 15) is 4.79 Å². The second-order valence-electron chi connectivity index (χ2n) is 6.29. The molecule has 8 heteroatoms. The predicted molar refractivity (Wildman–Crippen MR) is 96.6 cm³/mol. The van der Waals surface area contributed by atoms with Crippen LogP contribution in [0.25, 0.3) is 0 Å². The molecule has 1 fully saturated rings. The van der Waals surface area contributed by atoms with Gasteiger partial charge in [-0.05, 0) is 51.0 Å². The summed E-state index contributed by atoms with van der Waals surface area (Å²) < 4.78 is 10.9. The van der Waals surface area contributed by atoms with Crippen LogP contribution in [0.4, 0.5) is 5.13 Å². The fourth-order valence-corrected chi connectivity index (χ4v) is 3.42. The van der Waals surface area contributed by atoms with Gasteiger partial charge in [0.05, 0.1) is 11.3 Å². The zero-order chi connectivity index (χ0) is 18.1. The van der Waals surface area contributed by atoms with Gasteiger partial charge >= 0.3 is 0 Å². The summed E-state index contributed by atoms with van der Waals surface area (Å²) in [5, 5.41) is 16.4. The Morgan fingerprint density at radius 1 is 1.27 bits per heavy atom. The first-order valence-electron chi connectivity index (χ1n) is 8.39. The minimum absolute atomic E-state index is 0.208. The summed E-state index contributed by atoms with van der Waals surface area (Å²) in [7, 11) is 0. The molecule has 1 aliphatic rings. The molecule has 0 atom stereocenters. The van der Waals surface area contributed by atoms with Crippen molar-refractivity contribution in [2.24, 2.45) is 0 Å². The molecule has 0 unspecified atom stereocenters. The van der Waals surface area contributed by atoms with E-state index in [1.165, 1.54) is 11.3 Å². The molecular formula is C18H18N4O3S. The van der Waals surface area contributed by atoms with Crippen molar-refractivity contribution in [3.63, 3.8) is 0 Å². The number of hydrogen-bond acceptors (Lipinski definition) is 7. The second kappa shape index (κ2) is 6.87. The number of carbonyl (C=O) groups is 1. The van der Waals surface area contributed by atoms with Gasteiger partial charge in [0.25, 0.3) is 5.91 Å². The number of benzene rings is 1. The molecule has 1 saturated carbocycles. The van der Waals surface area contributed by atoms with Gasteiger partial charge in [0.15, 0.2) is 0 Å². The molecule has 2 aromatic heterocycles. The Morgan fingerprint density at radius 2 is 2.04 bits per heavy atom. The molecule has 1 aliphatic carbocycles. The Morgan fingerprint density at radius 3 is 2.69 bits per heavy atom. The molecule has 7 nitrogen and oxygen atoms in total. The monoisotopic (exact) mass is 370 g/mol. The van der Waals surface area contributed by atoms with E-state index in [2.05, 4.69) is 20.7 Å². The lowest BCUT2D eigenvalue weighted by Gasteiger charge is -2.07. The largest absolute Gasteiger partial charge is 0.489 e. The Hall–Kier alpha value is -2.74. The summed E-state index contributed by atoms with van der Waals surface area (Å²) in [5.74, 6) is 1.75. The third kappa shape index (κ3) is 3.60. The van der Waals surface area contributed by atoms with Gasteiger partial charge in [0, 0.05) is 11.5 Å². The summed E-state index contributed by atoms with van der Waals surface area (Å²) >= 11 is 1.45. The van der Waals surface area contributed by atoms with Crippen LogP contribution in [0.3, 0.4) is 0 Å². The quantitative estimate of drug-likeness (QED) is 0.709. The van der Waals surface area contributed by atoms with Crippen LogP contribution in [-0.4, -0.2) is 21.3 Å². The maximum Gasteiger partial charge on any atom is 0.257 e. The maximum atomic E-state index is 12.3. The third-order valence-electron chi connectivity index (χ3n) is 4.27. The van der Waals surface area contributed by atoms with E-state index in [1.807, 2.05) is 13.8 Å². The van der Waals surface area contributed by atoms with E-state index in [0.717, 1.165) is 34.9 Å². The van der Waals surface area contributed by atoms with E-state index in [0.29, 0.717) is 29.0 Å². The van der Waals surface area contributed by atoms with Crippen molar-refractivity contribution in [2.45, 2.75) is 39.2 Å². The maximum absolute atomic E-state index is 12.3. The molecule has 0 saturated heterocycles. The molecular weight excluding hydrogens is 352 g/mol. The Bertz CT molecular complexity index is 909. The van der Waals surface area contributed by atoms with Crippen LogP contribution in [0.5, 0.6) is 5.75 Å². The van der Waals surface area contributed by atoms with Crippen molar-refractivity contribution in [3.05, 3.63) is 51.9 Å². The van der Waals surface area contributed by atoms with Crippen LogP contribution in [0.15, 0.2) is 28.8 Å². The van der Waals surface area contributed by atoms with Crippen molar-refractivity contribution >= 4 is 22.4 Å². The van der Waals surface area contributed by atoms with E-state index < -0.39 is 0 Å². The first-order valence-corrected chi connectivity index (χ1v) is 9.21. The normalized spacial score (nSPS) is 13.6. The topological polar surface area (TPSA) is 90.1 Å². The highest BCUT2D eigenvalue weighted by Gasteiger charge is 2.27. The minimum atomic E-state index is -0.208. The molecule has 3 aromatic rings.